The number of hydrogen-bond acceptors (Lipinski definition) is 10. The maximum absolute atomic E-state index is 12.0. The van der Waals surface area contributed by atoms with Crippen LogP contribution in [0.2, 0.25) is 0 Å². The van der Waals surface area contributed by atoms with E-state index in [1.54, 1.807) is 11.9 Å². The molecule has 2 N–H and O–H groups in total. The van der Waals surface area contributed by atoms with Gasteiger partial charge in [-0.1, -0.05) is 0 Å². The largest absolute Gasteiger partial charge is 0.508 e. The topological polar surface area (TPSA) is 152 Å². The molecule has 11 heteroatoms. The first kappa shape index (κ1) is 17.9. The smallest absolute Gasteiger partial charge is 0.341 e. The number of aromatic hydroxyl groups is 2. The van der Waals surface area contributed by atoms with E-state index < -0.39 is 10.9 Å². The third-order valence-electron chi connectivity index (χ3n) is 3.84. The number of fused-ring (bicyclic) bond motifs is 1. The van der Waals surface area contributed by atoms with Crippen molar-refractivity contribution in [3.63, 3.8) is 0 Å². The highest BCUT2D eigenvalue weighted by Gasteiger charge is 2.21. The molecule has 1 aromatic heterocycles. The van der Waals surface area contributed by atoms with Gasteiger partial charge in [0.1, 0.15) is 23.7 Å². The van der Waals surface area contributed by atoms with Gasteiger partial charge in [-0.3, -0.25) is 10.1 Å². The molecule has 0 aliphatic carbocycles. The van der Waals surface area contributed by atoms with Gasteiger partial charge in [-0.2, -0.15) is 0 Å². The normalized spacial score (nSPS) is 10.7. The SMILES string of the molecule is CN(CCOC(=O)c1ccc(O)cc1O)c1ccc([N+](=O)[O-])c2nonc12. The molecular formula is C16H14N4O7. The molecule has 3 rings (SSSR count). The number of rotatable bonds is 6. The molecule has 0 unspecified atom stereocenters. The number of hydrogen-bond donors (Lipinski definition) is 2. The number of nitro benzene ring substituents is 1. The zero-order chi connectivity index (χ0) is 19.6. The molecule has 11 nitrogen and oxygen atoms in total. The Kier molecular flexibility index (Phi) is 4.75. The zero-order valence-corrected chi connectivity index (χ0v) is 14.0. The average Bonchev–Trinajstić information content (AvgIpc) is 3.09. The third kappa shape index (κ3) is 3.56. The lowest BCUT2D eigenvalue weighted by atomic mass is 10.2. The van der Waals surface area contributed by atoms with Gasteiger partial charge in [-0.05, 0) is 28.5 Å². The number of non-ortho nitro benzene ring substituents is 1. The standard InChI is InChI=1S/C16H14N4O7/c1-19(6-7-26-16(23)10-3-2-9(21)8-13(10)22)11-4-5-12(20(24)25)15-14(11)17-27-18-15/h2-5,8,21-22H,6-7H2,1H3. The lowest BCUT2D eigenvalue weighted by molar-refractivity contribution is -0.383. The molecule has 0 atom stereocenters. The highest BCUT2D eigenvalue weighted by atomic mass is 16.6. The van der Waals surface area contributed by atoms with Crippen LogP contribution in [0.3, 0.4) is 0 Å². The molecule has 0 radical (unpaired) electrons. The maximum atomic E-state index is 12.0. The number of likely N-dealkylation sites (N-methyl/N-ethyl adjacent to an activating group) is 1. The number of benzene rings is 2. The Bertz CT molecular complexity index is 1020. The number of nitrogens with zero attached hydrogens (tertiary/aromatic N) is 4. The van der Waals surface area contributed by atoms with E-state index in [1.165, 1.54) is 24.3 Å². The second kappa shape index (κ2) is 7.15. The third-order valence-corrected chi connectivity index (χ3v) is 3.84. The van der Waals surface area contributed by atoms with Crippen molar-refractivity contribution in [2.24, 2.45) is 0 Å². The Morgan fingerprint density at radius 1 is 1.26 bits per heavy atom. The van der Waals surface area contributed by atoms with E-state index in [2.05, 4.69) is 14.9 Å². The lowest BCUT2D eigenvalue weighted by Crippen LogP contribution is -2.24. The molecule has 2 aromatic carbocycles. The van der Waals surface area contributed by atoms with Crippen molar-refractivity contribution < 1.29 is 29.3 Å². The minimum absolute atomic E-state index is 0.0235. The first-order valence-electron chi connectivity index (χ1n) is 7.68. The van der Waals surface area contributed by atoms with E-state index in [0.717, 1.165) is 6.07 Å². The predicted octanol–water partition coefficient (Wildman–Crippen LogP) is 1.84. The Morgan fingerprint density at radius 2 is 2.00 bits per heavy atom. The van der Waals surface area contributed by atoms with Crippen molar-refractivity contribution >= 4 is 28.4 Å². The van der Waals surface area contributed by atoms with E-state index in [0.29, 0.717) is 5.69 Å². The fraction of sp³-hybridized carbons (Fsp3) is 0.188. The molecule has 0 aliphatic heterocycles. The van der Waals surface area contributed by atoms with Crippen LogP contribution in [0.25, 0.3) is 11.0 Å². The molecule has 0 fully saturated rings. The number of carbonyl (C=O) groups excluding carboxylic acids is 1. The number of phenols is 2. The lowest BCUT2D eigenvalue weighted by Gasteiger charge is -2.19. The predicted molar refractivity (Wildman–Crippen MR) is 91.8 cm³/mol. The van der Waals surface area contributed by atoms with Crippen molar-refractivity contribution in [3.05, 3.63) is 46.0 Å². The van der Waals surface area contributed by atoms with Crippen LogP contribution in [0.1, 0.15) is 10.4 Å². The van der Waals surface area contributed by atoms with E-state index in [9.17, 15) is 25.1 Å². The Morgan fingerprint density at radius 3 is 2.70 bits per heavy atom. The van der Waals surface area contributed by atoms with E-state index in [1.807, 2.05) is 0 Å². The minimum atomic E-state index is -0.752. The fourth-order valence-electron chi connectivity index (χ4n) is 2.46. The van der Waals surface area contributed by atoms with Gasteiger partial charge in [0.05, 0.1) is 17.2 Å². The molecule has 0 aliphatic rings. The molecule has 0 saturated heterocycles. The van der Waals surface area contributed by atoms with Crippen molar-refractivity contribution in [3.8, 4) is 11.5 Å². The second-order valence-corrected chi connectivity index (χ2v) is 5.58. The summed E-state index contributed by atoms with van der Waals surface area (Å²) in [7, 11) is 1.68. The fourth-order valence-corrected chi connectivity index (χ4v) is 2.46. The summed E-state index contributed by atoms with van der Waals surface area (Å²) in [5.74, 6) is -1.32. The van der Waals surface area contributed by atoms with Gasteiger partial charge in [0, 0.05) is 19.2 Å². The van der Waals surface area contributed by atoms with Crippen LogP contribution in [-0.4, -0.2) is 51.6 Å². The van der Waals surface area contributed by atoms with Crippen LogP contribution in [-0.2, 0) is 4.74 Å². The van der Waals surface area contributed by atoms with E-state index in [-0.39, 0.29) is 46.9 Å². The zero-order valence-electron chi connectivity index (χ0n) is 14.0. The van der Waals surface area contributed by atoms with Gasteiger partial charge in [0.2, 0.25) is 5.52 Å². The summed E-state index contributed by atoms with van der Waals surface area (Å²) < 4.78 is 9.71. The van der Waals surface area contributed by atoms with Crippen LogP contribution >= 0.6 is 0 Å². The first-order chi connectivity index (χ1) is 12.9. The monoisotopic (exact) mass is 374 g/mol. The van der Waals surface area contributed by atoms with Crippen LogP contribution in [0.15, 0.2) is 35.0 Å². The molecule has 0 bridgehead atoms. The van der Waals surface area contributed by atoms with Crippen LogP contribution in [0, 0.1) is 10.1 Å². The van der Waals surface area contributed by atoms with Gasteiger partial charge >= 0.3 is 11.7 Å². The number of carbonyl (C=O) groups is 1. The number of esters is 1. The number of aromatic nitrogens is 2. The van der Waals surface area contributed by atoms with Gasteiger partial charge in [-0.15, -0.1) is 0 Å². The summed E-state index contributed by atoms with van der Waals surface area (Å²) >= 11 is 0. The second-order valence-electron chi connectivity index (χ2n) is 5.58. The van der Waals surface area contributed by atoms with Gasteiger partial charge in [0.15, 0.2) is 5.52 Å². The molecule has 0 spiro atoms. The summed E-state index contributed by atoms with van der Waals surface area (Å²) in [5.41, 5.74) is 0.455. The number of nitro groups is 1. The summed E-state index contributed by atoms with van der Waals surface area (Å²) in [6.45, 7) is 0.212. The summed E-state index contributed by atoms with van der Waals surface area (Å²) in [6.07, 6.45) is 0. The quantitative estimate of drug-likeness (QED) is 0.371. The van der Waals surface area contributed by atoms with Gasteiger partial charge in [0.25, 0.3) is 0 Å². The van der Waals surface area contributed by atoms with Gasteiger partial charge < -0.3 is 19.8 Å². The highest BCUT2D eigenvalue weighted by molar-refractivity contribution is 5.94. The maximum Gasteiger partial charge on any atom is 0.341 e. The molecule has 1 heterocycles. The molecular weight excluding hydrogens is 360 g/mol. The van der Waals surface area contributed by atoms with Crippen molar-refractivity contribution in [1.29, 1.82) is 0 Å². The Labute approximate surface area is 151 Å². The van der Waals surface area contributed by atoms with Crippen LogP contribution < -0.4 is 4.90 Å². The number of ether oxygens (including phenoxy) is 1. The van der Waals surface area contributed by atoms with Crippen molar-refractivity contribution in [1.82, 2.24) is 10.3 Å². The van der Waals surface area contributed by atoms with Crippen molar-refractivity contribution in [2.45, 2.75) is 0 Å². The molecule has 3 aromatic rings. The highest BCUT2D eigenvalue weighted by Crippen LogP contribution is 2.30. The molecule has 140 valence electrons. The summed E-state index contributed by atoms with van der Waals surface area (Å²) in [6, 6.07) is 6.33. The average molecular weight is 374 g/mol. The molecule has 0 amide bonds. The van der Waals surface area contributed by atoms with E-state index in [4.69, 9.17) is 4.74 Å². The summed E-state index contributed by atoms with van der Waals surface area (Å²) in [4.78, 5) is 24.1. The van der Waals surface area contributed by atoms with Crippen LogP contribution in [0.4, 0.5) is 11.4 Å². The van der Waals surface area contributed by atoms with Crippen molar-refractivity contribution in [2.75, 3.05) is 25.1 Å². The number of anilines is 1. The van der Waals surface area contributed by atoms with E-state index >= 15 is 0 Å². The molecule has 27 heavy (non-hydrogen) atoms. The minimum Gasteiger partial charge on any atom is -0.508 e. The molecule has 0 saturated carbocycles. The van der Waals surface area contributed by atoms with Crippen LogP contribution in [0.5, 0.6) is 11.5 Å². The number of phenolic OH excluding ortho intramolecular Hbond substituents is 2. The Balaban J connectivity index is 1.68. The Hall–Kier alpha value is -3.89. The first-order valence-corrected chi connectivity index (χ1v) is 7.68. The van der Waals surface area contributed by atoms with Gasteiger partial charge in [-0.25, -0.2) is 9.42 Å². The summed E-state index contributed by atoms with van der Waals surface area (Å²) in [5, 5.41) is 37.2.